The van der Waals surface area contributed by atoms with Gasteiger partial charge in [-0.25, -0.2) is 4.39 Å². The Labute approximate surface area is 119 Å². The van der Waals surface area contributed by atoms with Crippen molar-refractivity contribution in [2.45, 2.75) is 25.1 Å². The normalized spacial score (nSPS) is 13.0. The zero-order chi connectivity index (χ0) is 16.0. The minimum atomic E-state index is -4.62. The van der Waals surface area contributed by atoms with Crippen LogP contribution in [0, 0.1) is 5.82 Å². The third kappa shape index (κ3) is 5.31. The van der Waals surface area contributed by atoms with E-state index in [1.54, 1.807) is 0 Å². The van der Waals surface area contributed by atoms with Gasteiger partial charge in [-0.1, -0.05) is 0 Å². The van der Waals surface area contributed by atoms with Gasteiger partial charge in [0.2, 0.25) is 5.91 Å². The lowest BCUT2D eigenvalue weighted by Crippen LogP contribution is -2.36. The van der Waals surface area contributed by atoms with E-state index in [4.69, 9.17) is 10.5 Å². The number of rotatable bonds is 6. The summed E-state index contributed by atoms with van der Waals surface area (Å²) < 4.78 is 55.8. The Bertz CT molecular complexity index is 492. The molecule has 8 heteroatoms. The van der Waals surface area contributed by atoms with Crippen LogP contribution in [-0.2, 0) is 15.7 Å². The molecule has 0 aromatic heterocycles. The lowest BCUT2D eigenvalue weighted by molar-refractivity contribution is -0.137. The maximum atomic E-state index is 13.4. The first-order chi connectivity index (χ1) is 9.75. The van der Waals surface area contributed by atoms with Crippen LogP contribution in [-0.4, -0.2) is 25.7 Å². The Balaban J connectivity index is 2.75. The topological polar surface area (TPSA) is 64.3 Å². The van der Waals surface area contributed by atoms with Gasteiger partial charge in [-0.05, 0) is 31.0 Å². The summed E-state index contributed by atoms with van der Waals surface area (Å²) in [5.41, 5.74) is 3.97. The summed E-state index contributed by atoms with van der Waals surface area (Å²) in [5, 5.41) is 2.07. The van der Waals surface area contributed by atoms with Crippen LogP contribution >= 0.6 is 0 Å². The number of carbonyl (C=O) groups excluding carboxylic acids is 1. The van der Waals surface area contributed by atoms with Gasteiger partial charge in [0.05, 0.1) is 17.3 Å². The molecule has 0 aliphatic heterocycles. The van der Waals surface area contributed by atoms with Crippen molar-refractivity contribution in [1.29, 1.82) is 0 Å². The van der Waals surface area contributed by atoms with Gasteiger partial charge in [-0.15, -0.1) is 0 Å². The Morgan fingerprint density at radius 2 is 2.10 bits per heavy atom. The lowest BCUT2D eigenvalue weighted by atomic mass is 10.1. The zero-order valence-corrected chi connectivity index (χ0v) is 11.3. The van der Waals surface area contributed by atoms with E-state index in [9.17, 15) is 22.4 Å². The van der Waals surface area contributed by atoms with Gasteiger partial charge >= 0.3 is 6.18 Å². The van der Waals surface area contributed by atoms with Crippen molar-refractivity contribution in [3.63, 3.8) is 0 Å². The largest absolute Gasteiger partial charge is 0.416 e. The van der Waals surface area contributed by atoms with Crippen LogP contribution in [0.1, 0.15) is 18.4 Å². The molecule has 0 aliphatic rings. The molecule has 0 saturated heterocycles. The first kappa shape index (κ1) is 17.4. The molecule has 1 unspecified atom stereocenters. The average molecular weight is 308 g/mol. The molecular formula is C13H16F4N2O2. The van der Waals surface area contributed by atoms with E-state index >= 15 is 0 Å². The minimum absolute atomic E-state index is 0.278. The fraction of sp³-hybridized carbons (Fsp3) is 0.462. The maximum Gasteiger partial charge on any atom is 0.416 e. The highest BCUT2D eigenvalue weighted by molar-refractivity contribution is 5.94. The summed E-state index contributed by atoms with van der Waals surface area (Å²) in [6.45, 7) is 0.402. The summed E-state index contributed by atoms with van der Waals surface area (Å²) in [5.74, 6) is -1.70. The van der Waals surface area contributed by atoms with E-state index in [0.29, 0.717) is 31.2 Å². The van der Waals surface area contributed by atoms with E-state index in [0.717, 1.165) is 0 Å². The van der Waals surface area contributed by atoms with E-state index in [-0.39, 0.29) is 6.42 Å². The molecule has 1 amide bonds. The second-order valence-electron chi connectivity index (χ2n) is 4.42. The van der Waals surface area contributed by atoms with Crippen LogP contribution in [0.2, 0.25) is 0 Å². The Morgan fingerprint density at radius 1 is 1.43 bits per heavy atom. The SMILES string of the molecule is COCCCC(N)C(=O)Nc1cc(C(F)(F)F)ccc1F. The van der Waals surface area contributed by atoms with Crippen LogP contribution in [0.3, 0.4) is 0 Å². The van der Waals surface area contributed by atoms with Crippen molar-refractivity contribution in [2.75, 3.05) is 19.0 Å². The summed E-state index contributed by atoms with van der Waals surface area (Å²) in [7, 11) is 1.49. The summed E-state index contributed by atoms with van der Waals surface area (Å²) >= 11 is 0. The quantitative estimate of drug-likeness (QED) is 0.627. The lowest BCUT2D eigenvalue weighted by Gasteiger charge is -2.14. The van der Waals surface area contributed by atoms with Gasteiger partial charge in [0.25, 0.3) is 0 Å². The molecule has 0 fully saturated rings. The summed E-state index contributed by atoms with van der Waals surface area (Å²) in [6.07, 6.45) is -3.83. The van der Waals surface area contributed by atoms with Gasteiger partial charge in [0.15, 0.2) is 0 Å². The number of benzene rings is 1. The monoisotopic (exact) mass is 308 g/mol. The molecule has 0 radical (unpaired) electrons. The predicted octanol–water partition coefficient (Wildman–Crippen LogP) is 2.54. The number of nitrogens with two attached hydrogens (primary N) is 1. The number of methoxy groups -OCH3 is 1. The number of carbonyl (C=O) groups is 1. The van der Waals surface area contributed by atoms with Crippen LogP contribution < -0.4 is 11.1 Å². The molecule has 1 aromatic carbocycles. The number of hydrogen-bond acceptors (Lipinski definition) is 3. The van der Waals surface area contributed by atoms with Gasteiger partial charge in [-0.2, -0.15) is 13.2 Å². The first-order valence-corrected chi connectivity index (χ1v) is 6.18. The maximum absolute atomic E-state index is 13.4. The van der Waals surface area contributed by atoms with Crippen molar-refractivity contribution >= 4 is 11.6 Å². The molecule has 0 spiro atoms. The van der Waals surface area contributed by atoms with Crippen molar-refractivity contribution in [1.82, 2.24) is 0 Å². The molecule has 3 N–H and O–H groups in total. The van der Waals surface area contributed by atoms with Crippen molar-refractivity contribution < 1.29 is 27.1 Å². The second-order valence-corrected chi connectivity index (χ2v) is 4.42. The Kier molecular flexibility index (Phi) is 6.10. The molecule has 0 aliphatic carbocycles. The molecule has 21 heavy (non-hydrogen) atoms. The average Bonchev–Trinajstić information content (AvgIpc) is 2.40. The second kappa shape index (κ2) is 7.37. The highest BCUT2D eigenvalue weighted by atomic mass is 19.4. The van der Waals surface area contributed by atoms with Gasteiger partial charge in [-0.3, -0.25) is 4.79 Å². The standard InChI is InChI=1S/C13H16F4N2O2/c1-21-6-2-3-10(18)12(20)19-11-7-8(13(15,16)17)4-5-9(11)14/h4-5,7,10H,2-3,6,18H2,1H3,(H,19,20). The number of halogens is 4. The number of nitrogens with one attached hydrogen (secondary N) is 1. The number of ether oxygens (including phenoxy) is 1. The summed E-state index contributed by atoms with van der Waals surface area (Å²) in [4.78, 5) is 11.7. The molecule has 1 rings (SSSR count). The van der Waals surface area contributed by atoms with Crippen molar-refractivity contribution in [3.05, 3.63) is 29.6 Å². The number of hydrogen-bond donors (Lipinski definition) is 2. The molecule has 0 bridgehead atoms. The van der Waals surface area contributed by atoms with E-state index in [2.05, 4.69) is 5.32 Å². The van der Waals surface area contributed by atoms with Crippen molar-refractivity contribution in [3.8, 4) is 0 Å². The van der Waals surface area contributed by atoms with E-state index in [1.807, 2.05) is 0 Å². The minimum Gasteiger partial charge on any atom is -0.385 e. The van der Waals surface area contributed by atoms with Crippen LogP contribution in [0.25, 0.3) is 0 Å². The van der Waals surface area contributed by atoms with Crippen LogP contribution in [0.15, 0.2) is 18.2 Å². The van der Waals surface area contributed by atoms with Crippen molar-refractivity contribution in [2.24, 2.45) is 5.73 Å². The van der Waals surface area contributed by atoms with Crippen LogP contribution in [0.5, 0.6) is 0 Å². The molecule has 4 nitrogen and oxygen atoms in total. The smallest absolute Gasteiger partial charge is 0.385 e. The molecule has 0 saturated carbocycles. The van der Waals surface area contributed by atoms with E-state index < -0.39 is 35.2 Å². The molecular weight excluding hydrogens is 292 g/mol. The molecule has 1 atom stereocenters. The Hall–Kier alpha value is -1.67. The number of anilines is 1. The third-order valence-electron chi connectivity index (χ3n) is 2.75. The number of alkyl halides is 3. The summed E-state index contributed by atoms with van der Waals surface area (Å²) in [6, 6.07) is 0.835. The Morgan fingerprint density at radius 3 is 2.67 bits per heavy atom. The molecule has 1 aromatic rings. The molecule has 0 heterocycles. The third-order valence-corrected chi connectivity index (χ3v) is 2.75. The van der Waals surface area contributed by atoms with Crippen LogP contribution in [0.4, 0.5) is 23.2 Å². The van der Waals surface area contributed by atoms with Gasteiger partial charge in [0.1, 0.15) is 5.82 Å². The zero-order valence-electron chi connectivity index (χ0n) is 11.3. The molecule has 118 valence electrons. The van der Waals surface area contributed by atoms with Gasteiger partial charge in [0, 0.05) is 13.7 Å². The fourth-order valence-corrected chi connectivity index (χ4v) is 1.60. The number of amides is 1. The highest BCUT2D eigenvalue weighted by Gasteiger charge is 2.31. The highest BCUT2D eigenvalue weighted by Crippen LogP contribution is 2.31. The van der Waals surface area contributed by atoms with Gasteiger partial charge < -0.3 is 15.8 Å². The van der Waals surface area contributed by atoms with E-state index in [1.165, 1.54) is 7.11 Å². The first-order valence-electron chi connectivity index (χ1n) is 6.18. The predicted molar refractivity (Wildman–Crippen MR) is 69.1 cm³/mol. The fourth-order valence-electron chi connectivity index (χ4n) is 1.60.